The van der Waals surface area contributed by atoms with Crippen molar-refractivity contribution in [2.75, 3.05) is 0 Å². The number of hydrogen-bond acceptors (Lipinski definition) is 2. The number of rotatable bonds is 2. The molecule has 0 radical (unpaired) electrons. The van der Waals surface area contributed by atoms with E-state index in [4.69, 9.17) is 0 Å². The van der Waals surface area contributed by atoms with Crippen LogP contribution in [0.25, 0.3) is 0 Å². The van der Waals surface area contributed by atoms with Crippen molar-refractivity contribution < 1.29 is 13.6 Å². The van der Waals surface area contributed by atoms with Gasteiger partial charge < -0.3 is 5.32 Å². The largest absolute Gasteiger partial charge is 0.346 e. The van der Waals surface area contributed by atoms with E-state index in [1.807, 2.05) is 0 Å². The van der Waals surface area contributed by atoms with Crippen LogP contribution in [0.3, 0.4) is 0 Å². The van der Waals surface area contributed by atoms with Gasteiger partial charge in [-0.2, -0.15) is 0 Å². The van der Waals surface area contributed by atoms with Gasteiger partial charge in [0.25, 0.3) is 5.91 Å². The SMILES string of the molecule is O=C(N[C@@H]1CCC[C@H]1F)c1cncc(F)c1. The molecule has 0 unspecified atom stereocenters. The molecule has 0 aromatic carbocycles. The maximum Gasteiger partial charge on any atom is 0.253 e. The molecule has 16 heavy (non-hydrogen) atoms. The van der Waals surface area contributed by atoms with E-state index < -0.39 is 23.9 Å². The lowest BCUT2D eigenvalue weighted by molar-refractivity contribution is 0.0918. The second-order valence-corrected chi connectivity index (χ2v) is 3.92. The first-order valence-electron chi connectivity index (χ1n) is 5.22. The molecular weight excluding hydrogens is 214 g/mol. The summed E-state index contributed by atoms with van der Waals surface area (Å²) in [7, 11) is 0. The topological polar surface area (TPSA) is 42.0 Å². The number of carbonyl (C=O) groups excluding carboxylic acids is 1. The Bertz CT molecular complexity index is 397. The van der Waals surface area contributed by atoms with E-state index in [-0.39, 0.29) is 5.56 Å². The second-order valence-electron chi connectivity index (χ2n) is 3.92. The maximum absolute atomic E-state index is 13.2. The Kier molecular flexibility index (Phi) is 3.12. The zero-order valence-electron chi connectivity index (χ0n) is 8.62. The summed E-state index contributed by atoms with van der Waals surface area (Å²) in [6.45, 7) is 0. The number of alkyl halides is 1. The number of nitrogens with zero attached hydrogens (tertiary/aromatic N) is 1. The van der Waals surface area contributed by atoms with Crippen molar-refractivity contribution in [3.63, 3.8) is 0 Å². The molecule has 1 heterocycles. The highest BCUT2D eigenvalue weighted by atomic mass is 19.1. The van der Waals surface area contributed by atoms with Crippen molar-refractivity contribution in [2.45, 2.75) is 31.5 Å². The molecule has 0 saturated heterocycles. The predicted molar refractivity (Wildman–Crippen MR) is 54.2 cm³/mol. The molecule has 3 nitrogen and oxygen atoms in total. The first kappa shape index (κ1) is 11.0. The van der Waals surface area contributed by atoms with Gasteiger partial charge in [-0.15, -0.1) is 0 Å². The molecule has 0 aliphatic heterocycles. The fraction of sp³-hybridized carbons (Fsp3) is 0.455. The molecule has 1 fully saturated rings. The van der Waals surface area contributed by atoms with Crippen LogP contribution in [0.4, 0.5) is 8.78 Å². The van der Waals surface area contributed by atoms with Crippen LogP contribution in [0.2, 0.25) is 0 Å². The summed E-state index contributed by atoms with van der Waals surface area (Å²) >= 11 is 0. The normalized spacial score (nSPS) is 24.4. The standard InChI is InChI=1S/C11H12F2N2O/c12-8-4-7(5-14-6-8)11(16)15-10-3-1-2-9(10)13/h4-6,9-10H,1-3H2,(H,15,16)/t9-,10-/m1/s1. The molecule has 1 aliphatic rings. The molecule has 86 valence electrons. The van der Waals surface area contributed by atoms with E-state index in [1.165, 1.54) is 6.20 Å². The van der Waals surface area contributed by atoms with Gasteiger partial charge in [0.2, 0.25) is 0 Å². The molecule has 0 bridgehead atoms. The first-order valence-corrected chi connectivity index (χ1v) is 5.22. The lowest BCUT2D eigenvalue weighted by atomic mass is 10.2. The van der Waals surface area contributed by atoms with Crippen LogP contribution in [0.1, 0.15) is 29.6 Å². The highest BCUT2D eigenvalue weighted by Crippen LogP contribution is 2.22. The van der Waals surface area contributed by atoms with E-state index >= 15 is 0 Å². The summed E-state index contributed by atoms with van der Waals surface area (Å²) in [5.74, 6) is -1.04. The number of aromatic nitrogens is 1. The molecule has 1 aliphatic carbocycles. The molecule has 1 saturated carbocycles. The molecule has 1 amide bonds. The number of amides is 1. The number of pyridine rings is 1. The van der Waals surface area contributed by atoms with Gasteiger partial charge in [0.15, 0.2) is 0 Å². The van der Waals surface area contributed by atoms with Crippen LogP contribution in [0.5, 0.6) is 0 Å². The first-order chi connectivity index (χ1) is 7.66. The predicted octanol–water partition coefficient (Wildman–Crippen LogP) is 1.84. The molecule has 5 heteroatoms. The van der Waals surface area contributed by atoms with E-state index in [1.54, 1.807) is 0 Å². The summed E-state index contributed by atoms with van der Waals surface area (Å²) in [4.78, 5) is 15.2. The molecule has 0 spiro atoms. The Labute approximate surface area is 91.9 Å². The van der Waals surface area contributed by atoms with E-state index in [0.717, 1.165) is 18.7 Å². The zero-order valence-corrected chi connectivity index (χ0v) is 8.62. The van der Waals surface area contributed by atoms with Gasteiger partial charge in [-0.1, -0.05) is 0 Å². The van der Waals surface area contributed by atoms with Gasteiger partial charge in [0.05, 0.1) is 17.8 Å². The van der Waals surface area contributed by atoms with Crippen LogP contribution in [-0.2, 0) is 0 Å². The third-order valence-corrected chi connectivity index (χ3v) is 2.72. The van der Waals surface area contributed by atoms with Crippen molar-refractivity contribution in [1.82, 2.24) is 10.3 Å². The monoisotopic (exact) mass is 226 g/mol. The fourth-order valence-corrected chi connectivity index (χ4v) is 1.87. The Balaban J connectivity index is 2.03. The van der Waals surface area contributed by atoms with Gasteiger partial charge in [-0.3, -0.25) is 9.78 Å². The molecule has 1 aromatic rings. The Morgan fingerprint density at radius 2 is 2.25 bits per heavy atom. The summed E-state index contributed by atoms with van der Waals surface area (Å²) < 4.78 is 26.0. The van der Waals surface area contributed by atoms with Crippen LogP contribution >= 0.6 is 0 Å². The van der Waals surface area contributed by atoms with Crippen LogP contribution in [0, 0.1) is 5.82 Å². The molecular formula is C11H12F2N2O. The second kappa shape index (κ2) is 4.55. The van der Waals surface area contributed by atoms with E-state index in [2.05, 4.69) is 10.3 Å². The van der Waals surface area contributed by atoms with Gasteiger partial charge in [0, 0.05) is 6.20 Å². The van der Waals surface area contributed by atoms with Gasteiger partial charge in [-0.05, 0) is 25.3 Å². The Morgan fingerprint density at radius 1 is 1.44 bits per heavy atom. The number of carbonyl (C=O) groups is 1. The van der Waals surface area contributed by atoms with Gasteiger partial charge in [0.1, 0.15) is 12.0 Å². The zero-order chi connectivity index (χ0) is 11.5. The minimum atomic E-state index is -0.995. The minimum Gasteiger partial charge on any atom is -0.346 e. The van der Waals surface area contributed by atoms with Gasteiger partial charge in [-0.25, -0.2) is 8.78 Å². The quantitative estimate of drug-likeness (QED) is 0.836. The van der Waals surface area contributed by atoms with Crippen LogP contribution in [0.15, 0.2) is 18.5 Å². The maximum atomic E-state index is 13.2. The molecule has 1 aromatic heterocycles. The molecule has 1 N–H and O–H groups in total. The van der Waals surface area contributed by atoms with Crippen molar-refractivity contribution in [3.05, 3.63) is 29.8 Å². The summed E-state index contributed by atoms with van der Waals surface area (Å²) in [5.41, 5.74) is 0.124. The molecule has 2 atom stereocenters. The lowest BCUT2D eigenvalue weighted by Crippen LogP contribution is -2.38. The Morgan fingerprint density at radius 3 is 2.88 bits per heavy atom. The third-order valence-electron chi connectivity index (χ3n) is 2.72. The highest BCUT2D eigenvalue weighted by molar-refractivity contribution is 5.94. The number of halogens is 2. The van der Waals surface area contributed by atoms with E-state index in [9.17, 15) is 13.6 Å². The summed E-state index contributed by atoms with van der Waals surface area (Å²) in [6, 6.07) is 0.639. The van der Waals surface area contributed by atoms with Crippen molar-refractivity contribution in [1.29, 1.82) is 0 Å². The smallest absolute Gasteiger partial charge is 0.253 e. The van der Waals surface area contributed by atoms with E-state index in [0.29, 0.717) is 12.8 Å². The fourth-order valence-electron chi connectivity index (χ4n) is 1.87. The third kappa shape index (κ3) is 2.35. The highest BCUT2D eigenvalue weighted by Gasteiger charge is 2.28. The van der Waals surface area contributed by atoms with Gasteiger partial charge >= 0.3 is 0 Å². The summed E-state index contributed by atoms with van der Waals surface area (Å²) in [6.07, 6.45) is 3.17. The number of hydrogen-bond donors (Lipinski definition) is 1. The molecule has 2 rings (SSSR count). The number of nitrogens with one attached hydrogen (secondary N) is 1. The summed E-state index contributed by atoms with van der Waals surface area (Å²) in [5, 5.41) is 2.55. The Hall–Kier alpha value is -1.52. The van der Waals surface area contributed by atoms with Crippen LogP contribution in [-0.4, -0.2) is 23.1 Å². The van der Waals surface area contributed by atoms with Crippen LogP contribution < -0.4 is 5.32 Å². The average Bonchev–Trinajstić information content (AvgIpc) is 2.64. The minimum absolute atomic E-state index is 0.124. The van der Waals surface area contributed by atoms with Crippen molar-refractivity contribution in [2.24, 2.45) is 0 Å². The van der Waals surface area contributed by atoms with Crippen molar-refractivity contribution in [3.8, 4) is 0 Å². The average molecular weight is 226 g/mol. The van der Waals surface area contributed by atoms with Crippen molar-refractivity contribution >= 4 is 5.91 Å². The lowest BCUT2D eigenvalue weighted by Gasteiger charge is -2.14.